The Hall–Kier alpha value is -0.970. The summed E-state index contributed by atoms with van der Waals surface area (Å²) in [5, 5.41) is 13.7. The molecule has 2 N–H and O–H groups in total. The van der Waals surface area contributed by atoms with Crippen LogP contribution >= 0.6 is 0 Å². The van der Waals surface area contributed by atoms with Gasteiger partial charge in [0.05, 0.1) is 12.2 Å². The Morgan fingerprint density at radius 2 is 2.00 bits per heavy atom. The van der Waals surface area contributed by atoms with Crippen LogP contribution in [0.5, 0.6) is 0 Å². The predicted molar refractivity (Wildman–Crippen MR) is 86.2 cm³/mol. The lowest BCUT2D eigenvalue weighted by molar-refractivity contribution is 0.0380. The highest BCUT2D eigenvalue weighted by Gasteiger charge is 2.33. The van der Waals surface area contributed by atoms with Crippen molar-refractivity contribution in [3.63, 3.8) is 0 Å². The number of aliphatic hydroxyl groups is 1. The van der Waals surface area contributed by atoms with Gasteiger partial charge >= 0.3 is 0 Å². The van der Waals surface area contributed by atoms with Crippen molar-refractivity contribution in [3.8, 4) is 0 Å². The first-order chi connectivity index (χ1) is 10.4. The van der Waals surface area contributed by atoms with Crippen LogP contribution in [0, 0.1) is 11.7 Å². The molecule has 22 heavy (non-hydrogen) atoms. The molecule has 1 fully saturated rings. The maximum Gasteiger partial charge on any atom is 0.123 e. The van der Waals surface area contributed by atoms with Crippen molar-refractivity contribution in [1.29, 1.82) is 0 Å². The molecule has 4 heteroatoms. The van der Waals surface area contributed by atoms with E-state index in [1.807, 2.05) is 0 Å². The zero-order chi connectivity index (χ0) is 16.2. The molecule has 0 amide bonds. The van der Waals surface area contributed by atoms with E-state index < -0.39 is 6.10 Å². The van der Waals surface area contributed by atoms with Crippen molar-refractivity contribution in [2.75, 3.05) is 13.7 Å². The number of rotatable bonds is 6. The maximum absolute atomic E-state index is 13.2. The molecule has 2 rings (SSSR count). The number of halogens is 1. The van der Waals surface area contributed by atoms with Crippen LogP contribution in [0.15, 0.2) is 24.3 Å². The van der Waals surface area contributed by atoms with E-state index in [1.54, 1.807) is 19.2 Å². The minimum Gasteiger partial charge on any atom is -0.387 e. The van der Waals surface area contributed by atoms with E-state index in [-0.39, 0.29) is 11.4 Å². The van der Waals surface area contributed by atoms with Gasteiger partial charge in [0.2, 0.25) is 0 Å². The van der Waals surface area contributed by atoms with Crippen LogP contribution < -0.4 is 5.32 Å². The van der Waals surface area contributed by atoms with Crippen molar-refractivity contribution in [2.24, 2.45) is 5.92 Å². The average Bonchev–Trinajstić information content (AvgIpc) is 2.52. The minimum absolute atomic E-state index is 0.0486. The van der Waals surface area contributed by atoms with Gasteiger partial charge in [-0.1, -0.05) is 12.1 Å². The number of hydrogen-bond acceptors (Lipinski definition) is 3. The Bertz CT molecular complexity index is 470. The molecular formula is C18H28FNO2. The summed E-state index contributed by atoms with van der Waals surface area (Å²) in [6, 6.07) is 6.17. The fourth-order valence-corrected chi connectivity index (χ4v) is 3.36. The predicted octanol–water partition coefficient (Wildman–Crippen LogP) is 3.43. The first-order valence-corrected chi connectivity index (χ1v) is 8.13. The average molecular weight is 309 g/mol. The first kappa shape index (κ1) is 17.4. The summed E-state index contributed by atoms with van der Waals surface area (Å²) >= 11 is 0. The smallest absolute Gasteiger partial charge is 0.123 e. The first-order valence-electron chi connectivity index (χ1n) is 8.13. The molecule has 1 aliphatic rings. The van der Waals surface area contributed by atoms with Gasteiger partial charge in [-0.05, 0) is 63.1 Å². The Morgan fingerprint density at radius 1 is 1.32 bits per heavy atom. The fourth-order valence-electron chi connectivity index (χ4n) is 3.36. The second-order valence-electron chi connectivity index (χ2n) is 6.88. The van der Waals surface area contributed by atoms with Crippen LogP contribution in [0.2, 0.25) is 0 Å². The van der Waals surface area contributed by atoms with E-state index in [4.69, 9.17) is 4.74 Å². The number of nitrogens with one attached hydrogen (secondary N) is 1. The Balaban J connectivity index is 1.87. The number of methoxy groups -OCH3 is 1. The molecule has 1 atom stereocenters. The number of benzene rings is 1. The second-order valence-corrected chi connectivity index (χ2v) is 6.88. The summed E-state index contributed by atoms with van der Waals surface area (Å²) in [6.45, 7) is 4.80. The molecule has 1 aromatic rings. The summed E-state index contributed by atoms with van der Waals surface area (Å²) in [6.07, 6.45) is 4.16. The van der Waals surface area contributed by atoms with Crippen LogP contribution in [-0.4, -0.2) is 30.4 Å². The quantitative estimate of drug-likeness (QED) is 0.846. The lowest BCUT2D eigenvalue weighted by Crippen LogP contribution is -2.49. The highest BCUT2D eigenvalue weighted by Crippen LogP contribution is 2.33. The van der Waals surface area contributed by atoms with Crippen LogP contribution in [0.4, 0.5) is 4.39 Å². The van der Waals surface area contributed by atoms with Crippen molar-refractivity contribution < 1.29 is 14.2 Å². The number of ether oxygens (including phenoxy) is 1. The molecule has 124 valence electrons. The third kappa shape index (κ3) is 4.51. The lowest BCUT2D eigenvalue weighted by Gasteiger charge is -2.40. The summed E-state index contributed by atoms with van der Waals surface area (Å²) in [7, 11) is 1.78. The van der Waals surface area contributed by atoms with Gasteiger partial charge < -0.3 is 15.2 Å². The van der Waals surface area contributed by atoms with Crippen LogP contribution in [0.25, 0.3) is 0 Å². The summed E-state index contributed by atoms with van der Waals surface area (Å²) < 4.78 is 18.6. The zero-order valence-corrected chi connectivity index (χ0v) is 13.8. The van der Waals surface area contributed by atoms with Crippen molar-refractivity contribution >= 4 is 0 Å². The summed E-state index contributed by atoms with van der Waals surface area (Å²) in [4.78, 5) is 0. The molecule has 1 aliphatic carbocycles. The topological polar surface area (TPSA) is 41.5 Å². The number of aliphatic hydroxyl groups excluding tert-OH is 1. The fraction of sp³-hybridized carbons (Fsp3) is 0.667. The van der Waals surface area contributed by atoms with E-state index in [0.717, 1.165) is 25.7 Å². The molecule has 3 nitrogen and oxygen atoms in total. The molecule has 0 bridgehead atoms. The third-order valence-electron chi connectivity index (χ3n) is 5.01. The largest absolute Gasteiger partial charge is 0.387 e. The molecule has 1 aromatic carbocycles. The van der Waals surface area contributed by atoms with E-state index >= 15 is 0 Å². The highest BCUT2D eigenvalue weighted by atomic mass is 19.1. The Morgan fingerprint density at radius 3 is 2.59 bits per heavy atom. The highest BCUT2D eigenvalue weighted by molar-refractivity contribution is 5.19. The third-order valence-corrected chi connectivity index (χ3v) is 5.01. The Labute approximate surface area is 132 Å². The van der Waals surface area contributed by atoms with Crippen molar-refractivity contribution in [1.82, 2.24) is 5.32 Å². The van der Waals surface area contributed by atoms with E-state index in [1.165, 1.54) is 12.1 Å². The van der Waals surface area contributed by atoms with E-state index in [9.17, 15) is 9.50 Å². The van der Waals surface area contributed by atoms with Gasteiger partial charge in [0.1, 0.15) is 5.82 Å². The van der Waals surface area contributed by atoms with Crippen LogP contribution in [0.3, 0.4) is 0 Å². The molecule has 0 aromatic heterocycles. The van der Waals surface area contributed by atoms with Gasteiger partial charge in [-0.2, -0.15) is 0 Å². The second kappa shape index (κ2) is 7.53. The van der Waals surface area contributed by atoms with Crippen LogP contribution in [0.1, 0.15) is 51.2 Å². The van der Waals surface area contributed by atoms with Gasteiger partial charge in [-0.3, -0.25) is 0 Å². The molecule has 1 saturated carbocycles. The molecular weight excluding hydrogens is 281 g/mol. The molecule has 0 spiro atoms. The van der Waals surface area contributed by atoms with Gasteiger partial charge in [0.15, 0.2) is 0 Å². The minimum atomic E-state index is -0.690. The summed E-state index contributed by atoms with van der Waals surface area (Å²) in [5.41, 5.74) is 0.568. The summed E-state index contributed by atoms with van der Waals surface area (Å²) in [5.74, 6) is 0.257. The SMILES string of the molecule is CO[C@H]1CC[C@H](C(C)(C)NC[C@H](O)c2cccc(F)c2)CC1. The van der Waals surface area contributed by atoms with E-state index in [2.05, 4.69) is 19.2 Å². The van der Waals surface area contributed by atoms with Gasteiger partial charge in [-0.15, -0.1) is 0 Å². The molecule has 0 saturated heterocycles. The maximum atomic E-state index is 13.2. The monoisotopic (exact) mass is 309 g/mol. The van der Waals surface area contributed by atoms with Crippen molar-refractivity contribution in [3.05, 3.63) is 35.6 Å². The van der Waals surface area contributed by atoms with E-state index in [0.29, 0.717) is 24.1 Å². The van der Waals surface area contributed by atoms with Crippen molar-refractivity contribution in [2.45, 2.75) is 57.3 Å². The molecule has 0 unspecified atom stereocenters. The van der Waals surface area contributed by atoms with Gasteiger partial charge in [-0.25, -0.2) is 4.39 Å². The number of β-amino-alcohol motifs (C(OH)–C–C–N with tert-alkyl or cyclic N) is 1. The normalized spacial score (nSPS) is 24.2. The zero-order valence-electron chi connectivity index (χ0n) is 13.8. The molecule has 0 aliphatic heterocycles. The Kier molecular flexibility index (Phi) is 5.95. The molecule has 0 heterocycles. The molecule has 0 radical (unpaired) electrons. The van der Waals surface area contributed by atoms with Crippen LogP contribution in [-0.2, 0) is 4.74 Å². The standard InChI is InChI=1S/C18H28FNO2/c1-18(2,14-7-9-16(22-3)10-8-14)20-12-17(21)13-5-4-6-15(19)11-13/h4-6,11,14,16-17,20-21H,7-10,12H2,1-3H3/t14-,16-,17-/m0/s1. The number of hydrogen-bond donors (Lipinski definition) is 2. The lowest BCUT2D eigenvalue weighted by atomic mass is 9.75. The van der Waals surface area contributed by atoms with Gasteiger partial charge in [0, 0.05) is 19.2 Å². The van der Waals surface area contributed by atoms with Gasteiger partial charge in [0.25, 0.3) is 0 Å².